The SMILES string of the molecule is O=C(NCCC(=O)N1CCCCCC1)C1CCCN(C(=O)Nc2ccccc2)C1. The smallest absolute Gasteiger partial charge is 0.321 e. The van der Waals surface area contributed by atoms with Crippen molar-refractivity contribution >= 4 is 23.5 Å². The molecule has 0 aromatic heterocycles. The molecule has 1 unspecified atom stereocenters. The summed E-state index contributed by atoms with van der Waals surface area (Å²) in [5.41, 5.74) is 0.746. The Hall–Kier alpha value is -2.57. The molecule has 1 atom stereocenters. The van der Waals surface area contributed by atoms with Gasteiger partial charge in [-0.05, 0) is 37.8 Å². The van der Waals surface area contributed by atoms with Gasteiger partial charge in [-0.25, -0.2) is 4.79 Å². The molecular weight excluding hydrogens is 368 g/mol. The summed E-state index contributed by atoms with van der Waals surface area (Å²) in [6.45, 7) is 3.09. The molecule has 29 heavy (non-hydrogen) atoms. The molecular formula is C22H32N4O3. The van der Waals surface area contributed by atoms with E-state index in [0.717, 1.165) is 44.5 Å². The van der Waals surface area contributed by atoms with Gasteiger partial charge in [0.25, 0.3) is 0 Å². The zero-order valence-electron chi connectivity index (χ0n) is 17.1. The van der Waals surface area contributed by atoms with Crippen molar-refractivity contribution < 1.29 is 14.4 Å². The van der Waals surface area contributed by atoms with Crippen molar-refractivity contribution in [1.82, 2.24) is 15.1 Å². The van der Waals surface area contributed by atoms with Gasteiger partial charge in [0.1, 0.15) is 0 Å². The van der Waals surface area contributed by atoms with Gasteiger partial charge in [0.2, 0.25) is 11.8 Å². The maximum absolute atomic E-state index is 12.5. The van der Waals surface area contributed by atoms with Crippen LogP contribution in [0.2, 0.25) is 0 Å². The van der Waals surface area contributed by atoms with E-state index < -0.39 is 0 Å². The van der Waals surface area contributed by atoms with Gasteiger partial charge in [0, 0.05) is 44.8 Å². The summed E-state index contributed by atoms with van der Waals surface area (Å²) in [6, 6.07) is 9.14. The van der Waals surface area contributed by atoms with Crippen molar-refractivity contribution in [2.75, 3.05) is 38.0 Å². The Morgan fingerprint density at radius 1 is 0.897 bits per heavy atom. The highest BCUT2D eigenvalue weighted by molar-refractivity contribution is 5.90. The van der Waals surface area contributed by atoms with E-state index in [4.69, 9.17) is 0 Å². The zero-order valence-corrected chi connectivity index (χ0v) is 17.1. The van der Waals surface area contributed by atoms with Crippen LogP contribution in [0.4, 0.5) is 10.5 Å². The van der Waals surface area contributed by atoms with Crippen molar-refractivity contribution in [2.24, 2.45) is 5.92 Å². The van der Waals surface area contributed by atoms with Crippen LogP contribution >= 0.6 is 0 Å². The Morgan fingerprint density at radius 3 is 2.31 bits per heavy atom. The fourth-order valence-electron chi connectivity index (χ4n) is 4.01. The third-order valence-corrected chi connectivity index (χ3v) is 5.70. The molecule has 0 saturated carbocycles. The predicted molar refractivity (Wildman–Crippen MR) is 112 cm³/mol. The molecule has 2 heterocycles. The molecule has 2 saturated heterocycles. The second kappa shape index (κ2) is 10.8. The summed E-state index contributed by atoms with van der Waals surface area (Å²) in [5, 5.41) is 5.78. The highest BCUT2D eigenvalue weighted by Gasteiger charge is 2.28. The molecule has 0 bridgehead atoms. The number of nitrogens with zero attached hydrogens (tertiary/aromatic N) is 2. The van der Waals surface area contributed by atoms with Gasteiger partial charge in [-0.2, -0.15) is 0 Å². The number of benzene rings is 1. The summed E-state index contributed by atoms with van der Waals surface area (Å²) in [7, 11) is 0. The summed E-state index contributed by atoms with van der Waals surface area (Å²) < 4.78 is 0. The Balaban J connectivity index is 1.41. The monoisotopic (exact) mass is 400 g/mol. The van der Waals surface area contributed by atoms with Crippen LogP contribution in [0.1, 0.15) is 44.9 Å². The molecule has 2 N–H and O–H groups in total. The number of anilines is 1. The average molecular weight is 401 g/mol. The summed E-state index contributed by atoms with van der Waals surface area (Å²) in [6.07, 6.45) is 6.43. The number of hydrogen-bond acceptors (Lipinski definition) is 3. The molecule has 7 heteroatoms. The highest BCUT2D eigenvalue weighted by atomic mass is 16.2. The first-order valence-electron chi connectivity index (χ1n) is 10.8. The minimum absolute atomic E-state index is 0.0640. The fraction of sp³-hybridized carbons (Fsp3) is 0.591. The van der Waals surface area contributed by atoms with Crippen LogP contribution in [-0.2, 0) is 9.59 Å². The largest absolute Gasteiger partial charge is 0.355 e. The first-order valence-corrected chi connectivity index (χ1v) is 10.8. The second-order valence-corrected chi connectivity index (χ2v) is 7.92. The van der Waals surface area contributed by atoms with E-state index in [1.807, 2.05) is 35.2 Å². The number of rotatable bonds is 5. The lowest BCUT2D eigenvalue weighted by Crippen LogP contribution is -2.47. The minimum Gasteiger partial charge on any atom is -0.355 e. The quantitative estimate of drug-likeness (QED) is 0.797. The first kappa shape index (κ1) is 21.1. The molecule has 158 valence electrons. The Kier molecular flexibility index (Phi) is 7.90. The van der Waals surface area contributed by atoms with Crippen LogP contribution in [0.15, 0.2) is 30.3 Å². The van der Waals surface area contributed by atoms with Crippen LogP contribution in [0.3, 0.4) is 0 Å². The topological polar surface area (TPSA) is 81.8 Å². The lowest BCUT2D eigenvalue weighted by Gasteiger charge is -2.32. The minimum atomic E-state index is -0.224. The number of nitrogens with one attached hydrogen (secondary N) is 2. The van der Waals surface area contributed by atoms with E-state index in [-0.39, 0.29) is 23.8 Å². The Morgan fingerprint density at radius 2 is 1.59 bits per heavy atom. The van der Waals surface area contributed by atoms with Crippen molar-refractivity contribution in [3.05, 3.63) is 30.3 Å². The maximum atomic E-state index is 12.5. The van der Waals surface area contributed by atoms with Crippen LogP contribution in [0.25, 0.3) is 0 Å². The number of likely N-dealkylation sites (tertiary alicyclic amines) is 2. The van der Waals surface area contributed by atoms with E-state index >= 15 is 0 Å². The lowest BCUT2D eigenvalue weighted by atomic mass is 9.97. The molecule has 7 nitrogen and oxygen atoms in total. The fourth-order valence-corrected chi connectivity index (χ4v) is 4.01. The van der Waals surface area contributed by atoms with E-state index in [2.05, 4.69) is 10.6 Å². The first-order chi connectivity index (χ1) is 14.1. The number of amides is 4. The van der Waals surface area contributed by atoms with Crippen molar-refractivity contribution in [2.45, 2.75) is 44.9 Å². The molecule has 0 aliphatic carbocycles. The third kappa shape index (κ3) is 6.48. The molecule has 3 rings (SSSR count). The van der Waals surface area contributed by atoms with Crippen LogP contribution < -0.4 is 10.6 Å². The maximum Gasteiger partial charge on any atom is 0.321 e. The molecule has 1 aromatic rings. The molecule has 1 aromatic carbocycles. The van der Waals surface area contributed by atoms with Crippen molar-refractivity contribution in [3.8, 4) is 0 Å². The van der Waals surface area contributed by atoms with E-state index in [9.17, 15) is 14.4 Å². The second-order valence-electron chi connectivity index (χ2n) is 7.92. The Bertz CT molecular complexity index is 687. The van der Waals surface area contributed by atoms with Gasteiger partial charge >= 0.3 is 6.03 Å². The molecule has 0 radical (unpaired) electrons. The third-order valence-electron chi connectivity index (χ3n) is 5.70. The highest BCUT2D eigenvalue weighted by Crippen LogP contribution is 2.18. The van der Waals surface area contributed by atoms with E-state index in [1.165, 1.54) is 12.8 Å². The Labute approximate surface area is 172 Å². The van der Waals surface area contributed by atoms with Gasteiger partial charge < -0.3 is 20.4 Å². The summed E-state index contributed by atoms with van der Waals surface area (Å²) >= 11 is 0. The molecule has 2 fully saturated rings. The average Bonchev–Trinajstić information content (AvgIpc) is 3.04. The molecule has 0 spiro atoms. The van der Waals surface area contributed by atoms with Crippen LogP contribution in [0.5, 0.6) is 0 Å². The van der Waals surface area contributed by atoms with Gasteiger partial charge in [0.05, 0.1) is 5.92 Å². The van der Waals surface area contributed by atoms with Gasteiger partial charge in [-0.15, -0.1) is 0 Å². The number of carbonyl (C=O) groups excluding carboxylic acids is 3. The number of para-hydroxylation sites is 1. The number of hydrogen-bond donors (Lipinski definition) is 2. The van der Waals surface area contributed by atoms with Crippen LogP contribution in [-0.4, -0.2) is 60.4 Å². The predicted octanol–water partition coefficient (Wildman–Crippen LogP) is 2.84. The normalized spacial score (nSPS) is 19.9. The van der Waals surface area contributed by atoms with Crippen molar-refractivity contribution in [1.29, 1.82) is 0 Å². The summed E-state index contributed by atoms with van der Waals surface area (Å²) in [5.74, 6) is -0.163. The van der Waals surface area contributed by atoms with Gasteiger partial charge in [-0.1, -0.05) is 31.0 Å². The molecule has 2 aliphatic rings. The molecule has 2 aliphatic heterocycles. The van der Waals surface area contributed by atoms with Gasteiger partial charge in [-0.3, -0.25) is 9.59 Å². The zero-order chi connectivity index (χ0) is 20.5. The standard InChI is InChI=1S/C22H32N4O3/c27-20(25-14-6-1-2-7-15-25)12-13-23-21(28)18-9-8-16-26(17-18)22(29)24-19-10-4-3-5-11-19/h3-5,10-11,18H,1-2,6-9,12-17H2,(H,23,28)(H,24,29). The summed E-state index contributed by atoms with van der Waals surface area (Å²) in [4.78, 5) is 41.0. The van der Waals surface area contributed by atoms with Crippen LogP contribution in [0, 0.1) is 5.92 Å². The van der Waals surface area contributed by atoms with Crippen molar-refractivity contribution in [3.63, 3.8) is 0 Å². The lowest BCUT2D eigenvalue weighted by molar-refractivity contribution is -0.131. The number of piperidine rings is 1. The number of carbonyl (C=O) groups is 3. The van der Waals surface area contributed by atoms with Gasteiger partial charge in [0.15, 0.2) is 0 Å². The number of urea groups is 1. The van der Waals surface area contributed by atoms with E-state index in [1.54, 1.807) is 4.90 Å². The van der Waals surface area contributed by atoms with E-state index in [0.29, 0.717) is 26.1 Å². The molecule has 4 amide bonds.